The first-order valence-corrected chi connectivity index (χ1v) is 10.5. The van der Waals surface area contributed by atoms with Crippen LogP contribution < -0.4 is 10.6 Å². The average molecular weight is 388 g/mol. The van der Waals surface area contributed by atoms with Gasteiger partial charge in [0.25, 0.3) is 0 Å². The fraction of sp³-hybridized carbons (Fsp3) is 0.476. The van der Waals surface area contributed by atoms with Gasteiger partial charge in [-0.2, -0.15) is 0 Å². The number of thiophene rings is 1. The normalized spacial score (nSPS) is 19.6. The molecule has 0 atom stereocenters. The van der Waals surface area contributed by atoms with Crippen LogP contribution in [0.2, 0.25) is 0 Å². The summed E-state index contributed by atoms with van der Waals surface area (Å²) >= 11 is 1.79. The van der Waals surface area contributed by atoms with Crippen molar-refractivity contribution < 1.29 is 9.18 Å². The Kier molecular flexibility index (Phi) is 5.19. The molecule has 4 nitrogen and oxygen atoms in total. The summed E-state index contributed by atoms with van der Waals surface area (Å²) in [6.07, 6.45) is 3.55. The molecule has 2 N–H and O–H groups in total. The van der Waals surface area contributed by atoms with Crippen molar-refractivity contribution in [3.8, 4) is 0 Å². The fourth-order valence-electron chi connectivity index (χ4n) is 3.66. The van der Waals surface area contributed by atoms with Crippen molar-refractivity contribution in [1.29, 1.82) is 0 Å². The molecule has 1 saturated carbocycles. The zero-order valence-corrected chi connectivity index (χ0v) is 16.4. The maximum atomic E-state index is 13.6. The lowest BCUT2D eigenvalue weighted by molar-refractivity contribution is -0.127. The number of anilines is 1. The Labute approximate surface area is 163 Å². The molecule has 2 aliphatic rings. The molecule has 144 valence electrons. The Morgan fingerprint density at radius 1 is 1.30 bits per heavy atom. The predicted octanol–water partition coefficient (Wildman–Crippen LogP) is 3.92. The second kappa shape index (κ2) is 7.60. The molecule has 2 aromatic rings. The largest absolute Gasteiger partial charge is 0.371 e. The van der Waals surface area contributed by atoms with Crippen LogP contribution in [0.4, 0.5) is 10.1 Å². The molecule has 1 aromatic carbocycles. The van der Waals surface area contributed by atoms with Crippen molar-refractivity contribution in [2.45, 2.75) is 50.7 Å². The van der Waals surface area contributed by atoms with Gasteiger partial charge in [-0.1, -0.05) is 6.07 Å². The lowest BCUT2D eigenvalue weighted by Gasteiger charge is -2.41. The Morgan fingerprint density at radius 2 is 2.07 bits per heavy atom. The van der Waals surface area contributed by atoms with Gasteiger partial charge in [-0.15, -0.1) is 11.3 Å². The van der Waals surface area contributed by atoms with E-state index >= 15 is 0 Å². The van der Waals surface area contributed by atoms with E-state index < -0.39 is 5.54 Å². The van der Waals surface area contributed by atoms with Crippen LogP contribution >= 0.6 is 11.3 Å². The summed E-state index contributed by atoms with van der Waals surface area (Å²) in [5, 5.41) is 8.67. The molecule has 0 unspecified atom stereocenters. The molecule has 0 spiro atoms. The lowest BCUT2D eigenvalue weighted by Crippen LogP contribution is -2.58. The number of carbonyl (C=O) groups is 1. The maximum absolute atomic E-state index is 13.6. The van der Waals surface area contributed by atoms with E-state index in [1.165, 1.54) is 22.6 Å². The smallest absolute Gasteiger partial charge is 0.245 e. The van der Waals surface area contributed by atoms with E-state index in [9.17, 15) is 9.18 Å². The average Bonchev–Trinajstić information content (AvgIpc) is 3.37. The third kappa shape index (κ3) is 4.33. The fourth-order valence-corrected chi connectivity index (χ4v) is 4.61. The maximum Gasteiger partial charge on any atom is 0.245 e. The summed E-state index contributed by atoms with van der Waals surface area (Å²) in [7, 11) is 0. The van der Waals surface area contributed by atoms with E-state index in [-0.39, 0.29) is 11.7 Å². The molecule has 27 heavy (non-hydrogen) atoms. The van der Waals surface area contributed by atoms with Gasteiger partial charge >= 0.3 is 0 Å². The van der Waals surface area contributed by atoms with Gasteiger partial charge in [0.05, 0.1) is 0 Å². The molecule has 0 radical (unpaired) electrons. The molecule has 2 heterocycles. The third-order valence-electron chi connectivity index (χ3n) is 5.60. The molecule has 2 fully saturated rings. The number of benzene rings is 1. The number of rotatable bonds is 6. The molecule has 4 rings (SSSR count). The zero-order valence-electron chi connectivity index (χ0n) is 15.6. The van der Waals surface area contributed by atoms with Crippen molar-refractivity contribution in [2.24, 2.45) is 0 Å². The summed E-state index contributed by atoms with van der Waals surface area (Å²) in [5.74, 6) is -0.232. The summed E-state index contributed by atoms with van der Waals surface area (Å²) in [4.78, 5) is 16.9. The van der Waals surface area contributed by atoms with Crippen molar-refractivity contribution >= 4 is 22.9 Å². The number of aryl methyl sites for hydroxylation is 1. The van der Waals surface area contributed by atoms with Crippen molar-refractivity contribution in [3.05, 3.63) is 52.0 Å². The Balaban J connectivity index is 1.47. The van der Waals surface area contributed by atoms with Gasteiger partial charge in [0.2, 0.25) is 5.91 Å². The highest BCUT2D eigenvalue weighted by molar-refractivity contribution is 7.10. The summed E-state index contributed by atoms with van der Waals surface area (Å²) in [6, 6.07) is 8.87. The summed E-state index contributed by atoms with van der Waals surface area (Å²) < 4.78 is 13.6. The monoisotopic (exact) mass is 387 g/mol. The number of piperidine rings is 1. The van der Waals surface area contributed by atoms with Crippen LogP contribution in [-0.4, -0.2) is 35.5 Å². The van der Waals surface area contributed by atoms with Crippen LogP contribution in [0.5, 0.6) is 0 Å². The number of nitrogens with zero attached hydrogens (tertiary/aromatic N) is 1. The van der Waals surface area contributed by atoms with E-state index in [1.807, 2.05) is 6.07 Å². The van der Waals surface area contributed by atoms with E-state index in [0.717, 1.165) is 32.5 Å². The zero-order chi connectivity index (χ0) is 18.9. The Morgan fingerprint density at radius 3 is 2.70 bits per heavy atom. The molecular weight excluding hydrogens is 361 g/mol. The second-order valence-electron chi connectivity index (χ2n) is 7.77. The highest BCUT2D eigenvalue weighted by Crippen LogP contribution is 2.31. The first kappa shape index (κ1) is 18.4. The van der Waals surface area contributed by atoms with Crippen LogP contribution in [0.25, 0.3) is 0 Å². The first-order valence-electron chi connectivity index (χ1n) is 9.64. The number of hydrogen-bond acceptors (Lipinski definition) is 4. The van der Waals surface area contributed by atoms with E-state index in [4.69, 9.17) is 0 Å². The van der Waals surface area contributed by atoms with E-state index in [1.54, 1.807) is 17.4 Å². The van der Waals surface area contributed by atoms with Crippen molar-refractivity contribution in [2.75, 3.05) is 18.4 Å². The second-order valence-corrected chi connectivity index (χ2v) is 8.77. The number of halogens is 1. The van der Waals surface area contributed by atoms with E-state index in [2.05, 4.69) is 33.9 Å². The van der Waals surface area contributed by atoms with Gasteiger partial charge in [-0.3, -0.25) is 9.69 Å². The Bertz CT molecular complexity index is 809. The molecule has 1 amide bonds. The number of hydrogen-bond donors (Lipinski definition) is 2. The van der Waals surface area contributed by atoms with Crippen LogP contribution in [0, 0.1) is 12.7 Å². The standard InChI is InChI=1S/C21H26FN3OS/c1-15-7-12-27-19(15)14-25-10-8-21(9-11-25,20(26)23-17-5-6-17)24-18-4-2-3-16(22)13-18/h2-4,7,12-13,17,24H,5-6,8-11,14H2,1H3,(H,23,26). The molecule has 0 bridgehead atoms. The SMILES string of the molecule is Cc1ccsc1CN1CCC(Nc2cccc(F)c2)(C(=O)NC2CC2)CC1. The topological polar surface area (TPSA) is 44.4 Å². The minimum Gasteiger partial charge on any atom is -0.371 e. The highest BCUT2D eigenvalue weighted by Gasteiger charge is 2.43. The molecule has 6 heteroatoms. The van der Waals surface area contributed by atoms with Crippen molar-refractivity contribution in [3.63, 3.8) is 0 Å². The summed E-state index contributed by atoms with van der Waals surface area (Å²) in [6.45, 7) is 4.77. The van der Waals surface area contributed by atoms with Crippen LogP contribution in [0.15, 0.2) is 35.7 Å². The Hall–Kier alpha value is -1.92. The lowest BCUT2D eigenvalue weighted by atomic mass is 9.85. The molecule has 1 aliphatic carbocycles. The first-order chi connectivity index (χ1) is 13.0. The number of likely N-dealkylation sites (tertiary alicyclic amines) is 1. The van der Waals surface area contributed by atoms with Gasteiger partial charge in [0, 0.05) is 36.2 Å². The van der Waals surface area contributed by atoms with Gasteiger partial charge in [0.1, 0.15) is 11.4 Å². The molecular formula is C21H26FN3OS. The highest BCUT2D eigenvalue weighted by atomic mass is 32.1. The minimum atomic E-state index is -0.669. The van der Waals surface area contributed by atoms with Crippen LogP contribution in [-0.2, 0) is 11.3 Å². The molecule has 1 aromatic heterocycles. The number of nitrogens with one attached hydrogen (secondary N) is 2. The third-order valence-corrected chi connectivity index (χ3v) is 6.61. The van der Waals surface area contributed by atoms with Gasteiger partial charge in [0.15, 0.2) is 0 Å². The number of carbonyl (C=O) groups excluding carboxylic acids is 1. The quantitative estimate of drug-likeness (QED) is 0.790. The van der Waals surface area contributed by atoms with Crippen LogP contribution in [0.1, 0.15) is 36.1 Å². The van der Waals surface area contributed by atoms with Gasteiger partial charge in [-0.25, -0.2) is 4.39 Å². The number of amides is 1. The predicted molar refractivity (Wildman–Crippen MR) is 107 cm³/mol. The van der Waals surface area contributed by atoms with E-state index in [0.29, 0.717) is 24.6 Å². The van der Waals surface area contributed by atoms with Crippen molar-refractivity contribution in [1.82, 2.24) is 10.2 Å². The molecule has 1 saturated heterocycles. The minimum absolute atomic E-state index is 0.0567. The van der Waals surface area contributed by atoms with Crippen LogP contribution in [0.3, 0.4) is 0 Å². The van der Waals surface area contributed by atoms with Gasteiger partial charge in [-0.05, 0) is 67.8 Å². The van der Waals surface area contributed by atoms with Gasteiger partial charge < -0.3 is 10.6 Å². The summed E-state index contributed by atoms with van der Waals surface area (Å²) in [5.41, 5.74) is 1.34. The molecule has 1 aliphatic heterocycles.